The number of fused-ring (bicyclic) bond motifs is 1. The van der Waals surface area contributed by atoms with E-state index in [0.29, 0.717) is 24.2 Å². The molecule has 0 atom stereocenters. The minimum atomic E-state index is -0.199. The Morgan fingerprint density at radius 2 is 1.93 bits per heavy atom. The van der Waals surface area contributed by atoms with Gasteiger partial charge in [0.1, 0.15) is 5.82 Å². The molecule has 2 fully saturated rings. The van der Waals surface area contributed by atoms with E-state index in [-0.39, 0.29) is 11.7 Å². The van der Waals surface area contributed by atoms with Crippen molar-refractivity contribution in [1.82, 2.24) is 30.0 Å². The molecule has 0 spiro atoms. The number of nitrogens with one attached hydrogen (secondary N) is 1. The lowest BCUT2D eigenvalue weighted by Crippen LogP contribution is -2.39. The van der Waals surface area contributed by atoms with Crippen LogP contribution in [0.15, 0.2) is 6.20 Å². The van der Waals surface area contributed by atoms with Crippen LogP contribution in [0.4, 0.5) is 5.82 Å². The Labute approximate surface area is 182 Å². The molecule has 9 heteroatoms. The third-order valence-electron chi connectivity index (χ3n) is 6.21. The summed E-state index contributed by atoms with van der Waals surface area (Å²) in [6.45, 7) is 9.38. The molecule has 1 N–H and O–H groups in total. The lowest BCUT2D eigenvalue weighted by molar-refractivity contribution is 0.0936. The number of carbonyl (C=O) groups is 1. The van der Waals surface area contributed by atoms with Crippen molar-refractivity contribution >= 4 is 34.5 Å². The highest BCUT2D eigenvalue weighted by Gasteiger charge is 2.23. The first-order valence-corrected chi connectivity index (χ1v) is 12.2. The van der Waals surface area contributed by atoms with Gasteiger partial charge in [-0.1, -0.05) is 0 Å². The monoisotopic (exact) mass is 431 g/mol. The average Bonchev–Trinajstić information content (AvgIpc) is 3.14. The zero-order valence-electron chi connectivity index (χ0n) is 18.3. The molecule has 164 valence electrons. The van der Waals surface area contributed by atoms with Crippen LogP contribution in [0.1, 0.15) is 43.7 Å². The predicted molar refractivity (Wildman–Crippen MR) is 122 cm³/mol. The Morgan fingerprint density at radius 3 is 2.63 bits per heavy atom. The van der Waals surface area contributed by atoms with Crippen LogP contribution in [-0.2, 0) is 7.05 Å². The highest BCUT2D eigenvalue weighted by Crippen LogP contribution is 2.26. The fourth-order valence-electron chi connectivity index (χ4n) is 4.35. The molecule has 2 aromatic rings. The number of thioether (sulfide) groups is 1. The van der Waals surface area contributed by atoms with Gasteiger partial charge in [0, 0.05) is 50.4 Å². The number of nitrogens with zero attached hydrogens (tertiary/aromatic N) is 6. The molecule has 0 aromatic carbocycles. The molecule has 2 saturated heterocycles. The van der Waals surface area contributed by atoms with E-state index in [1.165, 1.54) is 12.8 Å². The van der Waals surface area contributed by atoms with Crippen molar-refractivity contribution in [1.29, 1.82) is 0 Å². The second kappa shape index (κ2) is 9.51. The first-order valence-electron chi connectivity index (χ1n) is 11.1. The van der Waals surface area contributed by atoms with Crippen molar-refractivity contribution in [2.75, 3.05) is 49.1 Å². The molecule has 4 rings (SSSR count). The maximum atomic E-state index is 12.8. The van der Waals surface area contributed by atoms with Crippen molar-refractivity contribution in [2.24, 2.45) is 13.0 Å². The lowest BCUT2D eigenvalue weighted by atomic mass is 9.93. The van der Waals surface area contributed by atoms with Crippen LogP contribution in [-0.4, -0.2) is 80.8 Å². The minimum absolute atomic E-state index is 0.199. The molecule has 2 aliphatic rings. The average molecular weight is 432 g/mol. The van der Waals surface area contributed by atoms with Crippen LogP contribution in [0.3, 0.4) is 0 Å². The summed E-state index contributed by atoms with van der Waals surface area (Å²) in [7, 11) is 1.88. The van der Waals surface area contributed by atoms with Crippen molar-refractivity contribution < 1.29 is 4.79 Å². The van der Waals surface area contributed by atoms with Crippen LogP contribution in [0.25, 0.3) is 11.0 Å². The predicted octanol–water partition coefficient (Wildman–Crippen LogP) is 2.16. The smallest absolute Gasteiger partial charge is 0.289 e. The van der Waals surface area contributed by atoms with Gasteiger partial charge in [0.15, 0.2) is 5.65 Å². The number of piperidine rings is 1. The van der Waals surface area contributed by atoms with Gasteiger partial charge >= 0.3 is 0 Å². The molecule has 1 amide bonds. The molecular weight excluding hydrogens is 398 g/mol. The SMILES string of the molecule is CC(C)N1CCC(CCNC(=O)c2nc(N3CCSCC3)c3cn(C)nc3n2)CC1. The summed E-state index contributed by atoms with van der Waals surface area (Å²) in [6, 6.07) is 0.622. The second-order valence-electron chi connectivity index (χ2n) is 8.63. The number of rotatable bonds is 6. The summed E-state index contributed by atoms with van der Waals surface area (Å²) in [6.07, 6.45) is 5.38. The van der Waals surface area contributed by atoms with E-state index in [0.717, 1.165) is 55.3 Å². The summed E-state index contributed by atoms with van der Waals surface area (Å²) >= 11 is 1.95. The fourth-order valence-corrected chi connectivity index (χ4v) is 5.25. The number of hydrogen-bond donors (Lipinski definition) is 1. The lowest BCUT2D eigenvalue weighted by Gasteiger charge is -2.34. The number of carbonyl (C=O) groups excluding carboxylic acids is 1. The molecule has 2 aromatic heterocycles. The first kappa shape index (κ1) is 21.4. The van der Waals surface area contributed by atoms with Crippen LogP contribution in [0, 0.1) is 5.92 Å². The van der Waals surface area contributed by atoms with Crippen molar-refractivity contribution in [3.8, 4) is 0 Å². The van der Waals surface area contributed by atoms with E-state index < -0.39 is 0 Å². The number of likely N-dealkylation sites (tertiary alicyclic amines) is 1. The normalized spacial score (nSPS) is 19.0. The van der Waals surface area contributed by atoms with E-state index in [4.69, 9.17) is 0 Å². The summed E-state index contributed by atoms with van der Waals surface area (Å²) in [5.41, 5.74) is 0.590. The molecule has 2 aliphatic heterocycles. The van der Waals surface area contributed by atoms with Crippen molar-refractivity contribution in [3.05, 3.63) is 12.0 Å². The number of anilines is 1. The van der Waals surface area contributed by atoms with Crippen molar-refractivity contribution in [3.63, 3.8) is 0 Å². The first-order chi connectivity index (χ1) is 14.5. The van der Waals surface area contributed by atoms with E-state index in [1.54, 1.807) is 4.68 Å². The number of aryl methyl sites for hydroxylation is 1. The molecule has 4 heterocycles. The molecule has 0 unspecified atom stereocenters. The molecule has 0 radical (unpaired) electrons. The summed E-state index contributed by atoms with van der Waals surface area (Å²) in [5.74, 6) is 3.69. The molecule has 30 heavy (non-hydrogen) atoms. The molecule has 0 aliphatic carbocycles. The van der Waals surface area contributed by atoms with Gasteiger partial charge in [-0.15, -0.1) is 0 Å². The Hall–Kier alpha value is -1.87. The molecule has 0 bridgehead atoms. The van der Waals surface area contributed by atoms with Gasteiger partial charge in [-0.3, -0.25) is 9.48 Å². The van der Waals surface area contributed by atoms with Crippen LogP contribution in [0.2, 0.25) is 0 Å². The van der Waals surface area contributed by atoms with E-state index in [9.17, 15) is 4.79 Å². The van der Waals surface area contributed by atoms with Gasteiger partial charge < -0.3 is 15.1 Å². The quantitative estimate of drug-likeness (QED) is 0.751. The molecule has 8 nitrogen and oxygen atoms in total. The number of amides is 1. The topological polar surface area (TPSA) is 79.2 Å². The number of aromatic nitrogens is 4. The van der Waals surface area contributed by atoms with Gasteiger partial charge in [0.05, 0.1) is 5.39 Å². The Kier molecular flexibility index (Phi) is 6.77. The van der Waals surface area contributed by atoms with Gasteiger partial charge in [-0.25, -0.2) is 9.97 Å². The van der Waals surface area contributed by atoms with Gasteiger partial charge in [-0.2, -0.15) is 16.9 Å². The summed E-state index contributed by atoms with van der Waals surface area (Å²) in [4.78, 5) is 26.7. The Balaban J connectivity index is 1.39. The fraction of sp³-hybridized carbons (Fsp3) is 0.714. The van der Waals surface area contributed by atoms with Crippen LogP contribution in [0.5, 0.6) is 0 Å². The highest BCUT2D eigenvalue weighted by molar-refractivity contribution is 7.99. The zero-order chi connectivity index (χ0) is 21.1. The van der Waals surface area contributed by atoms with Crippen LogP contribution >= 0.6 is 11.8 Å². The largest absolute Gasteiger partial charge is 0.354 e. The van der Waals surface area contributed by atoms with Crippen LogP contribution < -0.4 is 10.2 Å². The van der Waals surface area contributed by atoms with Gasteiger partial charge in [0.25, 0.3) is 5.91 Å². The highest BCUT2D eigenvalue weighted by atomic mass is 32.2. The third-order valence-corrected chi connectivity index (χ3v) is 7.15. The maximum Gasteiger partial charge on any atom is 0.289 e. The van der Waals surface area contributed by atoms with Gasteiger partial charge in [-0.05, 0) is 52.1 Å². The van der Waals surface area contributed by atoms with E-state index in [1.807, 2.05) is 25.0 Å². The standard InChI is InChI=1S/C21H33N7OS/c1-15(2)27-8-5-16(6-9-27)4-7-22-21(29)19-23-18-17(14-26(3)25-18)20(24-19)28-10-12-30-13-11-28/h14-16H,4-13H2,1-3H3,(H,22,29). The third kappa shape index (κ3) is 4.88. The Morgan fingerprint density at radius 1 is 1.20 bits per heavy atom. The van der Waals surface area contributed by atoms with E-state index in [2.05, 4.69) is 44.0 Å². The zero-order valence-corrected chi connectivity index (χ0v) is 19.1. The second-order valence-corrected chi connectivity index (χ2v) is 9.85. The molecular formula is C21H33N7OS. The summed E-state index contributed by atoms with van der Waals surface area (Å²) in [5, 5.41) is 8.40. The van der Waals surface area contributed by atoms with Gasteiger partial charge in [0.2, 0.25) is 5.82 Å². The van der Waals surface area contributed by atoms with Crippen molar-refractivity contribution in [2.45, 2.75) is 39.2 Å². The number of hydrogen-bond acceptors (Lipinski definition) is 7. The minimum Gasteiger partial charge on any atom is -0.354 e. The summed E-state index contributed by atoms with van der Waals surface area (Å²) < 4.78 is 1.74. The van der Waals surface area contributed by atoms with E-state index >= 15 is 0 Å². The molecule has 0 saturated carbocycles. The maximum absolute atomic E-state index is 12.8. The Bertz CT molecular complexity index is 870.